The number of aromatic nitrogens is 2. The van der Waals surface area contributed by atoms with Crippen LogP contribution < -0.4 is 20.5 Å². The lowest BCUT2D eigenvalue weighted by molar-refractivity contribution is -0.119. The van der Waals surface area contributed by atoms with Crippen LogP contribution in [0.5, 0.6) is 11.5 Å². The SMILES string of the molecule is COc1ccc(-c2cc(C3(C(=O)Nc4nc(CC(N)=O)cs4)CC3)no2)cc1OC. The highest BCUT2D eigenvalue weighted by Crippen LogP contribution is 2.49. The fraction of sp³-hybridized carbons (Fsp3) is 0.300. The second-order valence-corrected chi connectivity index (χ2v) is 7.83. The van der Waals surface area contributed by atoms with Gasteiger partial charge in [0.25, 0.3) is 0 Å². The zero-order valence-corrected chi connectivity index (χ0v) is 17.2. The van der Waals surface area contributed by atoms with Crippen LogP contribution in [0.2, 0.25) is 0 Å². The molecule has 0 saturated heterocycles. The summed E-state index contributed by atoms with van der Waals surface area (Å²) >= 11 is 1.25. The van der Waals surface area contributed by atoms with E-state index in [-0.39, 0.29) is 12.3 Å². The van der Waals surface area contributed by atoms with Crippen LogP contribution in [0.25, 0.3) is 11.3 Å². The van der Waals surface area contributed by atoms with Gasteiger partial charge in [-0.1, -0.05) is 5.16 Å². The molecule has 2 heterocycles. The summed E-state index contributed by atoms with van der Waals surface area (Å²) in [6.07, 6.45) is 1.36. The van der Waals surface area contributed by atoms with Gasteiger partial charge in [-0.15, -0.1) is 11.3 Å². The molecule has 0 atom stereocenters. The molecule has 0 aliphatic heterocycles. The Morgan fingerprint density at radius 3 is 2.67 bits per heavy atom. The van der Waals surface area contributed by atoms with Crippen LogP contribution >= 0.6 is 11.3 Å². The minimum Gasteiger partial charge on any atom is -0.493 e. The normalized spacial score (nSPS) is 14.2. The number of carbonyl (C=O) groups is 2. The molecule has 3 aromatic rings. The van der Waals surface area contributed by atoms with Crippen LogP contribution in [0.1, 0.15) is 24.2 Å². The number of amides is 2. The van der Waals surface area contributed by atoms with Crippen molar-refractivity contribution < 1.29 is 23.6 Å². The van der Waals surface area contributed by atoms with Gasteiger partial charge in [0.1, 0.15) is 0 Å². The number of rotatable bonds is 8. The van der Waals surface area contributed by atoms with Crippen LogP contribution in [0.15, 0.2) is 34.2 Å². The molecule has 1 fully saturated rings. The third kappa shape index (κ3) is 3.73. The summed E-state index contributed by atoms with van der Waals surface area (Å²) in [4.78, 5) is 28.1. The topological polar surface area (TPSA) is 130 Å². The van der Waals surface area contributed by atoms with Crippen molar-refractivity contribution in [1.29, 1.82) is 0 Å². The number of carbonyl (C=O) groups excluding carboxylic acids is 2. The van der Waals surface area contributed by atoms with Crippen LogP contribution in [0.4, 0.5) is 5.13 Å². The molecule has 1 saturated carbocycles. The lowest BCUT2D eigenvalue weighted by atomic mass is 10.0. The van der Waals surface area contributed by atoms with E-state index in [0.717, 1.165) is 5.56 Å². The fourth-order valence-electron chi connectivity index (χ4n) is 3.19. The molecule has 10 heteroatoms. The first-order valence-corrected chi connectivity index (χ1v) is 10.1. The number of methoxy groups -OCH3 is 2. The van der Waals surface area contributed by atoms with Gasteiger partial charge in [-0.25, -0.2) is 4.98 Å². The van der Waals surface area contributed by atoms with E-state index in [4.69, 9.17) is 19.7 Å². The molecule has 1 aliphatic carbocycles. The maximum atomic E-state index is 12.9. The highest BCUT2D eigenvalue weighted by molar-refractivity contribution is 7.14. The second-order valence-electron chi connectivity index (χ2n) is 6.97. The van der Waals surface area contributed by atoms with Gasteiger partial charge in [-0.05, 0) is 31.0 Å². The molecule has 30 heavy (non-hydrogen) atoms. The van der Waals surface area contributed by atoms with Gasteiger partial charge in [-0.2, -0.15) is 0 Å². The molecule has 1 aliphatic rings. The molecule has 9 nitrogen and oxygen atoms in total. The first-order chi connectivity index (χ1) is 14.4. The van der Waals surface area contributed by atoms with Crippen molar-refractivity contribution in [2.75, 3.05) is 19.5 Å². The summed E-state index contributed by atoms with van der Waals surface area (Å²) < 4.78 is 16.1. The molecular formula is C20H20N4O5S. The van der Waals surface area contributed by atoms with E-state index in [1.807, 2.05) is 6.07 Å². The van der Waals surface area contributed by atoms with Crippen molar-refractivity contribution in [3.8, 4) is 22.8 Å². The van der Waals surface area contributed by atoms with Gasteiger partial charge in [0.05, 0.1) is 37.4 Å². The number of anilines is 1. The van der Waals surface area contributed by atoms with Crippen LogP contribution in [-0.4, -0.2) is 36.2 Å². The molecule has 3 N–H and O–H groups in total. The van der Waals surface area contributed by atoms with E-state index in [9.17, 15) is 9.59 Å². The van der Waals surface area contributed by atoms with Crippen molar-refractivity contribution in [2.45, 2.75) is 24.7 Å². The number of benzene rings is 1. The summed E-state index contributed by atoms with van der Waals surface area (Å²) in [6, 6.07) is 7.18. The van der Waals surface area contributed by atoms with E-state index in [1.54, 1.807) is 37.8 Å². The first-order valence-electron chi connectivity index (χ1n) is 9.19. The average molecular weight is 428 g/mol. The van der Waals surface area contributed by atoms with Crippen LogP contribution in [0, 0.1) is 0 Å². The Labute approximate surface area is 176 Å². The molecular weight excluding hydrogens is 408 g/mol. The Hall–Kier alpha value is -3.40. The minimum absolute atomic E-state index is 0.0372. The third-order valence-electron chi connectivity index (χ3n) is 4.98. The van der Waals surface area contributed by atoms with Crippen molar-refractivity contribution in [3.05, 3.63) is 41.0 Å². The fourth-order valence-corrected chi connectivity index (χ4v) is 3.90. The number of ether oxygens (including phenoxy) is 2. The highest BCUT2D eigenvalue weighted by Gasteiger charge is 2.54. The Bertz CT molecular complexity index is 1100. The standard InChI is InChI=1S/C20H20N4O5S/c1-27-13-4-3-11(7-15(13)28-2)14-9-16(24-29-14)20(5-6-20)18(26)23-19-22-12(10-30-19)8-17(21)25/h3-4,7,9-10H,5-6,8H2,1-2H3,(H2,21,25)(H,22,23,26). The van der Waals surface area contributed by atoms with Crippen LogP contribution in [-0.2, 0) is 21.4 Å². The summed E-state index contributed by atoms with van der Waals surface area (Å²) in [5.74, 6) is 1.04. The summed E-state index contributed by atoms with van der Waals surface area (Å²) in [5.41, 5.74) is 6.30. The molecule has 2 aromatic heterocycles. The quantitative estimate of drug-likeness (QED) is 0.564. The molecule has 0 spiro atoms. The molecule has 0 radical (unpaired) electrons. The average Bonchev–Trinajstić information content (AvgIpc) is 3.19. The highest BCUT2D eigenvalue weighted by atomic mass is 32.1. The van der Waals surface area contributed by atoms with Crippen molar-refractivity contribution in [2.24, 2.45) is 5.73 Å². The predicted octanol–water partition coefficient (Wildman–Crippen LogP) is 2.51. The first kappa shape index (κ1) is 19.9. The van der Waals surface area contributed by atoms with Crippen molar-refractivity contribution in [3.63, 3.8) is 0 Å². The van der Waals surface area contributed by atoms with E-state index >= 15 is 0 Å². The molecule has 0 bridgehead atoms. The Kier molecular flexibility index (Phi) is 5.17. The number of nitrogens with two attached hydrogens (primary N) is 1. The number of nitrogens with one attached hydrogen (secondary N) is 1. The number of hydrogen-bond donors (Lipinski definition) is 2. The monoisotopic (exact) mass is 428 g/mol. The molecule has 156 valence electrons. The van der Waals surface area contributed by atoms with Gasteiger partial charge in [0.2, 0.25) is 11.8 Å². The number of nitrogens with zero attached hydrogens (tertiary/aromatic N) is 2. The Balaban J connectivity index is 1.52. The Morgan fingerprint density at radius 2 is 2.00 bits per heavy atom. The van der Waals surface area contributed by atoms with E-state index in [0.29, 0.717) is 46.6 Å². The number of primary amides is 1. The zero-order valence-electron chi connectivity index (χ0n) is 16.4. The molecule has 2 amide bonds. The maximum absolute atomic E-state index is 12.9. The minimum atomic E-state index is -0.742. The summed E-state index contributed by atoms with van der Waals surface area (Å²) in [6.45, 7) is 0. The second kappa shape index (κ2) is 7.79. The van der Waals surface area contributed by atoms with E-state index in [2.05, 4.69) is 15.5 Å². The molecule has 1 aromatic carbocycles. The largest absolute Gasteiger partial charge is 0.493 e. The lowest BCUT2D eigenvalue weighted by Gasteiger charge is -2.10. The lowest BCUT2D eigenvalue weighted by Crippen LogP contribution is -2.28. The predicted molar refractivity (Wildman–Crippen MR) is 110 cm³/mol. The number of thiazole rings is 1. The third-order valence-corrected chi connectivity index (χ3v) is 5.79. The van der Waals surface area contributed by atoms with Crippen LogP contribution in [0.3, 0.4) is 0 Å². The number of hydrogen-bond acceptors (Lipinski definition) is 8. The van der Waals surface area contributed by atoms with Gasteiger partial charge in [0.15, 0.2) is 22.4 Å². The Morgan fingerprint density at radius 1 is 1.23 bits per heavy atom. The summed E-state index contributed by atoms with van der Waals surface area (Å²) in [7, 11) is 3.13. The zero-order chi connectivity index (χ0) is 21.3. The summed E-state index contributed by atoms with van der Waals surface area (Å²) in [5, 5.41) is 9.09. The van der Waals surface area contributed by atoms with E-state index < -0.39 is 11.3 Å². The molecule has 0 unspecified atom stereocenters. The van der Waals surface area contributed by atoms with Crippen molar-refractivity contribution >= 4 is 28.3 Å². The van der Waals surface area contributed by atoms with Gasteiger partial charge >= 0.3 is 0 Å². The maximum Gasteiger partial charge on any atom is 0.238 e. The van der Waals surface area contributed by atoms with Gasteiger partial charge in [-0.3, -0.25) is 9.59 Å². The van der Waals surface area contributed by atoms with Gasteiger partial charge < -0.3 is 25.0 Å². The van der Waals surface area contributed by atoms with E-state index in [1.165, 1.54) is 11.3 Å². The smallest absolute Gasteiger partial charge is 0.238 e. The van der Waals surface area contributed by atoms with Gasteiger partial charge in [0, 0.05) is 17.0 Å². The van der Waals surface area contributed by atoms with Crippen molar-refractivity contribution in [1.82, 2.24) is 10.1 Å². The molecule has 4 rings (SSSR count).